The summed E-state index contributed by atoms with van der Waals surface area (Å²) >= 11 is 1.42. The molecule has 0 spiro atoms. The second-order valence-electron chi connectivity index (χ2n) is 9.38. The molecule has 9 heteroatoms. The number of aromatic nitrogens is 2. The molecule has 1 saturated heterocycles. The predicted octanol–water partition coefficient (Wildman–Crippen LogP) is 4.61. The zero-order chi connectivity index (χ0) is 26.5. The Balaban J connectivity index is 1.23. The minimum absolute atomic E-state index is 0.0545. The molecule has 5 rings (SSSR count). The van der Waals surface area contributed by atoms with E-state index in [1.807, 2.05) is 36.4 Å². The van der Waals surface area contributed by atoms with Gasteiger partial charge < -0.3 is 20.9 Å². The highest BCUT2D eigenvalue weighted by molar-refractivity contribution is 7.17. The molecule has 8 nitrogen and oxygen atoms in total. The Hall–Kier alpha value is -4.08. The average Bonchev–Trinajstić information content (AvgIpc) is 3.43. The third-order valence-corrected chi connectivity index (χ3v) is 7.76. The van der Waals surface area contributed by atoms with E-state index in [2.05, 4.69) is 39.3 Å². The largest absolute Gasteiger partial charge is 0.369 e. The van der Waals surface area contributed by atoms with Crippen molar-refractivity contribution in [3.05, 3.63) is 88.9 Å². The molecule has 0 radical (unpaired) electrons. The maximum absolute atomic E-state index is 12.8. The molecule has 38 heavy (non-hydrogen) atoms. The molecule has 4 aromatic rings. The van der Waals surface area contributed by atoms with Gasteiger partial charge in [0, 0.05) is 55.7 Å². The van der Waals surface area contributed by atoms with Gasteiger partial charge in [-0.3, -0.25) is 9.59 Å². The Labute approximate surface area is 226 Å². The van der Waals surface area contributed by atoms with Crippen LogP contribution in [-0.4, -0.2) is 59.8 Å². The molecule has 194 valence electrons. The van der Waals surface area contributed by atoms with Gasteiger partial charge in [0.1, 0.15) is 0 Å². The number of thiophene rings is 1. The summed E-state index contributed by atoms with van der Waals surface area (Å²) in [7, 11) is 2.15. The summed E-state index contributed by atoms with van der Waals surface area (Å²) < 4.78 is 0. The van der Waals surface area contributed by atoms with Gasteiger partial charge in [-0.25, -0.2) is 9.97 Å². The lowest BCUT2D eigenvalue weighted by molar-refractivity contribution is 0.0984. The number of ketones is 1. The van der Waals surface area contributed by atoms with Crippen molar-refractivity contribution in [3.8, 4) is 10.6 Å². The minimum Gasteiger partial charge on any atom is -0.369 e. The Kier molecular flexibility index (Phi) is 7.76. The van der Waals surface area contributed by atoms with Crippen LogP contribution in [0.2, 0.25) is 0 Å². The number of nitrogens with zero attached hydrogens (tertiary/aromatic N) is 4. The number of anilines is 3. The Morgan fingerprint density at radius 1 is 1.00 bits per heavy atom. The van der Waals surface area contributed by atoms with Gasteiger partial charge in [-0.15, -0.1) is 11.3 Å². The summed E-state index contributed by atoms with van der Waals surface area (Å²) in [6.45, 7) is 4.11. The fourth-order valence-corrected chi connectivity index (χ4v) is 5.36. The van der Waals surface area contributed by atoms with E-state index in [0.717, 1.165) is 48.0 Å². The maximum atomic E-state index is 12.8. The zero-order valence-corrected chi connectivity index (χ0v) is 22.1. The maximum Gasteiger partial charge on any atom is 0.248 e. The molecule has 2 aromatic carbocycles. The van der Waals surface area contributed by atoms with Gasteiger partial charge in [0.25, 0.3) is 0 Å². The van der Waals surface area contributed by atoms with Gasteiger partial charge in [-0.2, -0.15) is 0 Å². The first-order valence-electron chi connectivity index (χ1n) is 12.6. The summed E-state index contributed by atoms with van der Waals surface area (Å²) in [5.41, 5.74) is 9.60. The Bertz CT molecular complexity index is 1440. The number of nitrogens with two attached hydrogens (primary N) is 1. The number of benzene rings is 2. The van der Waals surface area contributed by atoms with Crippen LogP contribution in [0, 0.1) is 0 Å². The highest BCUT2D eigenvalue weighted by Crippen LogP contribution is 2.29. The number of rotatable bonds is 9. The molecule has 2 aromatic heterocycles. The van der Waals surface area contributed by atoms with E-state index in [-0.39, 0.29) is 5.78 Å². The first-order valence-corrected chi connectivity index (χ1v) is 13.4. The third kappa shape index (κ3) is 6.24. The van der Waals surface area contributed by atoms with E-state index in [4.69, 9.17) is 10.7 Å². The van der Waals surface area contributed by atoms with Crippen LogP contribution in [0.25, 0.3) is 10.6 Å². The van der Waals surface area contributed by atoms with Crippen LogP contribution in [0.1, 0.15) is 32.0 Å². The molecule has 0 aliphatic carbocycles. The minimum atomic E-state index is -0.470. The molecule has 1 amide bonds. The normalized spacial score (nSPS) is 13.9. The number of hydrogen-bond donors (Lipinski definition) is 2. The summed E-state index contributed by atoms with van der Waals surface area (Å²) in [4.78, 5) is 39.6. The molecular formula is C29H30N6O2S. The van der Waals surface area contributed by atoms with Crippen molar-refractivity contribution in [1.29, 1.82) is 0 Å². The lowest BCUT2D eigenvalue weighted by atomic mass is 10.0. The van der Waals surface area contributed by atoms with Crippen molar-refractivity contribution in [3.63, 3.8) is 0 Å². The number of primary amides is 1. The lowest BCUT2D eigenvalue weighted by Gasteiger charge is -2.34. The van der Waals surface area contributed by atoms with Crippen LogP contribution in [0.3, 0.4) is 0 Å². The summed E-state index contributed by atoms with van der Waals surface area (Å²) in [5.74, 6) is 0.0926. The molecule has 0 unspecified atom stereocenters. The van der Waals surface area contributed by atoms with Crippen molar-refractivity contribution in [2.75, 3.05) is 43.4 Å². The van der Waals surface area contributed by atoms with Crippen LogP contribution in [0.15, 0.2) is 72.9 Å². The van der Waals surface area contributed by atoms with Crippen LogP contribution in [0.5, 0.6) is 0 Å². The highest BCUT2D eigenvalue weighted by atomic mass is 32.1. The zero-order valence-electron chi connectivity index (χ0n) is 21.3. The number of carbonyl (C=O) groups is 2. The number of carbonyl (C=O) groups excluding carboxylic acids is 2. The van der Waals surface area contributed by atoms with Crippen molar-refractivity contribution < 1.29 is 9.59 Å². The second kappa shape index (κ2) is 11.5. The smallest absolute Gasteiger partial charge is 0.248 e. The Morgan fingerprint density at radius 3 is 2.63 bits per heavy atom. The quantitative estimate of drug-likeness (QED) is 0.307. The van der Waals surface area contributed by atoms with E-state index in [9.17, 15) is 9.59 Å². The standard InChI is InChI=1S/C29H30N6O2S/c1-34-14-16-35(17-15-34)23-7-3-6-22(19-23)32-29-31-13-12-24(33-29)26-10-11-27(38-26)25(36)9-8-20-4-2-5-21(18-20)28(30)37/h2-7,10-13,18-19H,8-9,14-17H2,1H3,(H2,30,37)(H,31,32,33). The van der Waals surface area contributed by atoms with E-state index in [1.54, 1.807) is 24.4 Å². The van der Waals surface area contributed by atoms with E-state index < -0.39 is 5.91 Å². The molecule has 0 atom stereocenters. The highest BCUT2D eigenvalue weighted by Gasteiger charge is 2.15. The summed E-state index contributed by atoms with van der Waals surface area (Å²) in [5, 5.41) is 3.33. The van der Waals surface area contributed by atoms with Crippen molar-refractivity contribution in [2.45, 2.75) is 12.8 Å². The fraction of sp³-hybridized carbons (Fsp3) is 0.241. The average molecular weight is 527 g/mol. The van der Waals surface area contributed by atoms with Crippen molar-refractivity contribution in [1.82, 2.24) is 14.9 Å². The topological polar surface area (TPSA) is 104 Å². The monoisotopic (exact) mass is 526 g/mol. The van der Waals surface area contributed by atoms with Gasteiger partial charge in [-0.05, 0) is 67.6 Å². The first-order chi connectivity index (χ1) is 18.4. The van der Waals surface area contributed by atoms with Crippen molar-refractivity contribution in [2.24, 2.45) is 5.73 Å². The van der Waals surface area contributed by atoms with Gasteiger partial charge in [-0.1, -0.05) is 18.2 Å². The first kappa shape index (κ1) is 25.6. The molecule has 0 saturated carbocycles. The van der Waals surface area contributed by atoms with Crippen LogP contribution < -0.4 is 16.0 Å². The van der Waals surface area contributed by atoms with Crippen LogP contribution in [-0.2, 0) is 6.42 Å². The molecule has 3 N–H and O–H groups in total. The van der Waals surface area contributed by atoms with Crippen molar-refractivity contribution >= 4 is 40.4 Å². The lowest BCUT2D eigenvalue weighted by Crippen LogP contribution is -2.44. The van der Waals surface area contributed by atoms with Gasteiger partial charge in [0.2, 0.25) is 11.9 Å². The van der Waals surface area contributed by atoms with Crippen LogP contribution in [0.4, 0.5) is 17.3 Å². The number of piperazine rings is 1. The fourth-order valence-electron chi connectivity index (χ4n) is 4.42. The molecule has 1 aliphatic rings. The van der Waals surface area contributed by atoms with Gasteiger partial charge in [0.15, 0.2) is 5.78 Å². The third-order valence-electron chi connectivity index (χ3n) is 6.61. The summed E-state index contributed by atoms with van der Waals surface area (Å²) in [6, 6.07) is 21.0. The number of likely N-dealkylation sites (N-methyl/N-ethyl adjacent to an activating group) is 1. The van der Waals surface area contributed by atoms with E-state index in [0.29, 0.717) is 29.2 Å². The van der Waals surface area contributed by atoms with Crippen LogP contribution >= 0.6 is 11.3 Å². The molecule has 3 heterocycles. The number of aryl methyl sites for hydroxylation is 1. The second-order valence-corrected chi connectivity index (χ2v) is 10.5. The predicted molar refractivity (Wildman–Crippen MR) is 152 cm³/mol. The van der Waals surface area contributed by atoms with Gasteiger partial charge in [0.05, 0.1) is 15.4 Å². The molecule has 0 bridgehead atoms. The SMILES string of the molecule is CN1CCN(c2cccc(Nc3nccc(-c4ccc(C(=O)CCc5cccc(C(N)=O)c5)s4)n3)c2)CC1. The van der Waals surface area contributed by atoms with E-state index in [1.165, 1.54) is 17.0 Å². The Morgan fingerprint density at radius 2 is 1.82 bits per heavy atom. The van der Waals surface area contributed by atoms with E-state index >= 15 is 0 Å². The molecule has 1 aliphatic heterocycles. The number of amides is 1. The summed E-state index contributed by atoms with van der Waals surface area (Å²) in [6.07, 6.45) is 2.62. The molecular weight excluding hydrogens is 496 g/mol. The number of nitrogens with one attached hydrogen (secondary N) is 1. The van der Waals surface area contributed by atoms with Gasteiger partial charge >= 0.3 is 0 Å². The molecule has 1 fully saturated rings. The number of hydrogen-bond acceptors (Lipinski definition) is 8. The number of Topliss-reactive ketones (excluding diaryl/α,β-unsaturated/α-hetero) is 1.